The summed E-state index contributed by atoms with van der Waals surface area (Å²) in [6.45, 7) is 0. The van der Waals surface area contributed by atoms with Gasteiger partial charge < -0.3 is 9.73 Å². The van der Waals surface area contributed by atoms with E-state index in [0.717, 1.165) is 61.0 Å². The Kier molecular flexibility index (Phi) is 5.63. The molecule has 0 amide bonds. The van der Waals surface area contributed by atoms with Gasteiger partial charge in [0.25, 0.3) is 0 Å². The molecule has 7 aromatic carbocycles. The molecule has 0 bridgehead atoms. The van der Waals surface area contributed by atoms with E-state index in [1.807, 2.05) is 23.9 Å². The number of hydrogen-bond donors (Lipinski definition) is 1. The molecule has 0 radical (unpaired) electrons. The van der Waals surface area contributed by atoms with Crippen LogP contribution in [-0.4, -0.2) is 10.5 Å². The smallest absolute Gasteiger partial charge is 0.209 e. The van der Waals surface area contributed by atoms with Gasteiger partial charge in [-0.05, 0) is 58.5 Å². The Labute approximate surface area is 286 Å². The van der Waals surface area contributed by atoms with E-state index in [2.05, 4.69) is 149 Å². The molecule has 1 N–H and O–H groups in total. The molecule has 0 saturated carbocycles. The van der Waals surface area contributed by atoms with Crippen LogP contribution in [0.2, 0.25) is 0 Å². The minimum Gasteiger partial charge on any atom is -0.455 e. The molecule has 2 aromatic heterocycles. The predicted octanol–water partition coefficient (Wildman–Crippen LogP) is 11.5. The highest BCUT2D eigenvalue weighted by atomic mass is 32.2. The van der Waals surface area contributed by atoms with Gasteiger partial charge in [0.1, 0.15) is 11.2 Å². The quantitative estimate of drug-likeness (QED) is 0.203. The molecule has 0 aliphatic carbocycles. The molecule has 9 aromatic rings. The van der Waals surface area contributed by atoms with Gasteiger partial charge in [-0.1, -0.05) is 127 Å². The zero-order valence-electron chi connectivity index (χ0n) is 26.2. The van der Waals surface area contributed by atoms with E-state index >= 15 is 0 Å². The van der Waals surface area contributed by atoms with Crippen LogP contribution < -0.4 is 5.32 Å². The molecule has 0 saturated heterocycles. The van der Waals surface area contributed by atoms with Crippen molar-refractivity contribution in [2.45, 2.75) is 10.9 Å². The largest absolute Gasteiger partial charge is 0.455 e. The number of benzene rings is 7. The number of thioether (sulfide) groups is 1. The molecule has 4 heterocycles. The molecule has 230 valence electrons. The molecular formula is C44H27N3OS. The Balaban J connectivity index is 1.16. The van der Waals surface area contributed by atoms with Gasteiger partial charge in [0.15, 0.2) is 0 Å². The molecule has 0 spiro atoms. The highest BCUT2D eigenvalue weighted by Gasteiger charge is 2.36. The standard InChI is InChI=1S/C44H27N3OS/c1-2-10-26(11-3-1)27-18-20-28(21-19-27)40-43-41(33-14-6-9-17-39(33)49-43)46-44(45-40)47-36-15-7-4-12-30(36)35-24-29-22-23-32-31-13-5-8-16-38(31)48-42(32)34(29)25-37(35)47/h1-25,41H,(H,45,46). The van der Waals surface area contributed by atoms with Gasteiger partial charge in [0, 0.05) is 42.3 Å². The van der Waals surface area contributed by atoms with Crippen molar-refractivity contribution in [2.75, 3.05) is 0 Å². The second-order valence-electron chi connectivity index (χ2n) is 12.8. The van der Waals surface area contributed by atoms with Crippen LogP contribution in [-0.2, 0) is 0 Å². The predicted molar refractivity (Wildman–Crippen MR) is 204 cm³/mol. The third-order valence-corrected chi connectivity index (χ3v) is 11.3. The van der Waals surface area contributed by atoms with E-state index in [4.69, 9.17) is 9.41 Å². The Hall–Kier alpha value is -6.04. The summed E-state index contributed by atoms with van der Waals surface area (Å²) < 4.78 is 8.83. The van der Waals surface area contributed by atoms with Crippen molar-refractivity contribution in [1.29, 1.82) is 0 Å². The number of para-hydroxylation sites is 2. The van der Waals surface area contributed by atoms with Crippen LogP contribution in [0.4, 0.5) is 0 Å². The third-order valence-electron chi connectivity index (χ3n) is 10.1. The SMILES string of the molecule is c1ccc(-c2ccc(C3=C4Sc5ccccc5C4NC(n4c5ccccc5c5cc6ccc7c8ccccc8oc7c6cc54)=N3)cc2)cc1. The van der Waals surface area contributed by atoms with E-state index in [0.29, 0.717) is 0 Å². The van der Waals surface area contributed by atoms with Gasteiger partial charge in [-0.15, -0.1) is 0 Å². The molecule has 2 aliphatic rings. The Morgan fingerprint density at radius 3 is 2.20 bits per heavy atom. The van der Waals surface area contributed by atoms with Crippen LogP contribution >= 0.6 is 11.8 Å². The number of rotatable bonds is 2. The van der Waals surface area contributed by atoms with E-state index in [1.165, 1.54) is 37.3 Å². The first-order chi connectivity index (χ1) is 24.3. The van der Waals surface area contributed by atoms with Gasteiger partial charge in [-0.25, -0.2) is 4.99 Å². The number of nitrogens with one attached hydrogen (secondary N) is 1. The summed E-state index contributed by atoms with van der Waals surface area (Å²) in [4.78, 5) is 8.00. The maximum absolute atomic E-state index is 6.52. The second kappa shape index (κ2) is 10.2. The van der Waals surface area contributed by atoms with Crippen LogP contribution in [0, 0.1) is 0 Å². The van der Waals surface area contributed by atoms with Gasteiger partial charge in [-0.2, -0.15) is 0 Å². The summed E-state index contributed by atoms with van der Waals surface area (Å²) in [6.07, 6.45) is 0. The molecule has 2 aliphatic heterocycles. The highest BCUT2D eigenvalue weighted by Crippen LogP contribution is 2.52. The molecule has 1 atom stereocenters. The first-order valence-electron chi connectivity index (χ1n) is 16.6. The summed E-state index contributed by atoms with van der Waals surface area (Å²) >= 11 is 1.82. The van der Waals surface area contributed by atoms with Crippen molar-refractivity contribution in [2.24, 2.45) is 4.99 Å². The van der Waals surface area contributed by atoms with Crippen LogP contribution in [0.15, 0.2) is 171 Å². The molecule has 11 rings (SSSR count). The van der Waals surface area contributed by atoms with Crippen molar-refractivity contribution < 1.29 is 4.42 Å². The molecule has 4 nitrogen and oxygen atoms in total. The zero-order chi connectivity index (χ0) is 32.1. The Bertz CT molecular complexity index is 2880. The summed E-state index contributed by atoms with van der Waals surface area (Å²) in [5, 5.41) is 10.8. The molecule has 0 fully saturated rings. The first kappa shape index (κ1) is 27.0. The minimum atomic E-state index is -0.00347. The second-order valence-corrected chi connectivity index (χ2v) is 13.9. The molecule has 5 heteroatoms. The fourth-order valence-corrected chi connectivity index (χ4v) is 9.00. The Morgan fingerprint density at radius 2 is 1.31 bits per heavy atom. The molecule has 1 unspecified atom stereocenters. The zero-order valence-corrected chi connectivity index (χ0v) is 27.0. The lowest BCUT2D eigenvalue weighted by atomic mass is 9.99. The van der Waals surface area contributed by atoms with E-state index < -0.39 is 0 Å². The molecular weight excluding hydrogens is 619 g/mol. The topological polar surface area (TPSA) is 42.5 Å². The normalized spacial score (nSPS) is 15.7. The van der Waals surface area contributed by atoms with Crippen molar-refractivity contribution in [1.82, 2.24) is 9.88 Å². The molecule has 49 heavy (non-hydrogen) atoms. The van der Waals surface area contributed by atoms with Crippen LogP contribution in [0.5, 0.6) is 0 Å². The fraction of sp³-hybridized carbons (Fsp3) is 0.0227. The van der Waals surface area contributed by atoms with E-state index in [1.54, 1.807) is 0 Å². The lowest BCUT2D eigenvalue weighted by Crippen LogP contribution is -2.36. The van der Waals surface area contributed by atoms with E-state index in [9.17, 15) is 0 Å². The minimum absolute atomic E-state index is 0.00347. The number of hydrogen-bond acceptors (Lipinski definition) is 4. The van der Waals surface area contributed by atoms with Crippen LogP contribution in [0.25, 0.3) is 71.3 Å². The van der Waals surface area contributed by atoms with Gasteiger partial charge in [0.2, 0.25) is 5.96 Å². The average molecular weight is 646 g/mol. The fourth-order valence-electron chi connectivity index (χ4n) is 7.75. The summed E-state index contributed by atoms with van der Waals surface area (Å²) in [5.74, 6) is 0.815. The first-order valence-corrected chi connectivity index (χ1v) is 17.4. The monoisotopic (exact) mass is 645 g/mol. The summed E-state index contributed by atoms with van der Waals surface area (Å²) in [6, 6.07) is 54.1. The number of nitrogens with zero attached hydrogens (tertiary/aromatic N) is 2. The van der Waals surface area contributed by atoms with Crippen molar-refractivity contribution >= 4 is 77.9 Å². The average Bonchev–Trinajstić information content (AvgIpc) is 3.84. The number of aliphatic imine (C=N–C) groups is 1. The van der Waals surface area contributed by atoms with E-state index in [-0.39, 0.29) is 6.04 Å². The van der Waals surface area contributed by atoms with Gasteiger partial charge >= 0.3 is 0 Å². The van der Waals surface area contributed by atoms with Crippen molar-refractivity contribution in [3.63, 3.8) is 0 Å². The number of fused-ring (bicyclic) bond motifs is 11. The van der Waals surface area contributed by atoms with Crippen LogP contribution in [0.3, 0.4) is 0 Å². The lowest BCUT2D eigenvalue weighted by molar-refractivity contribution is 0.672. The van der Waals surface area contributed by atoms with Crippen LogP contribution in [0.1, 0.15) is 17.2 Å². The van der Waals surface area contributed by atoms with Crippen molar-refractivity contribution in [3.8, 4) is 11.1 Å². The van der Waals surface area contributed by atoms with Gasteiger partial charge in [0.05, 0.1) is 22.8 Å². The maximum Gasteiger partial charge on any atom is 0.209 e. The number of aromatic nitrogens is 1. The lowest BCUT2D eigenvalue weighted by Gasteiger charge is -2.26. The van der Waals surface area contributed by atoms with Gasteiger partial charge in [-0.3, -0.25) is 4.57 Å². The summed E-state index contributed by atoms with van der Waals surface area (Å²) in [7, 11) is 0. The number of furan rings is 1. The Morgan fingerprint density at radius 1 is 0.571 bits per heavy atom. The van der Waals surface area contributed by atoms with Crippen molar-refractivity contribution in [3.05, 3.63) is 168 Å². The highest BCUT2D eigenvalue weighted by molar-refractivity contribution is 8.03. The third kappa shape index (κ3) is 3.97. The maximum atomic E-state index is 6.52. The summed E-state index contributed by atoms with van der Waals surface area (Å²) in [5.41, 5.74) is 9.81.